The summed E-state index contributed by atoms with van der Waals surface area (Å²) in [6.07, 6.45) is 5.47. The zero-order chi connectivity index (χ0) is 15.5. The minimum Gasteiger partial charge on any atom is -0.462 e. The predicted octanol–water partition coefficient (Wildman–Crippen LogP) is 2.21. The number of esters is 1. The molecule has 0 radical (unpaired) electrons. The van der Waals surface area contributed by atoms with Gasteiger partial charge in [0.25, 0.3) is 0 Å². The first kappa shape index (κ1) is 15.9. The van der Waals surface area contributed by atoms with Gasteiger partial charge in [-0.05, 0) is 37.0 Å². The molecule has 0 aliphatic heterocycles. The highest BCUT2D eigenvalue weighted by Crippen LogP contribution is 2.24. The van der Waals surface area contributed by atoms with E-state index in [1.165, 1.54) is 6.42 Å². The van der Waals surface area contributed by atoms with Gasteiger partial charge >= 0.3 is 5.97 Å². The summed E-state index contributed by atoms with van der Waals surface area (Å²) < 4.78 is 41.0. The van der Waals surface area contributed by atoms with Gasteiger partial charge in [0.05, 0.1) is 17.1 Å². The van der Waals surface area contributed by atoms with Gasteiger partial charge in [-0.25, -0.2) is 22.7 Å². The highest BCUT2D eigenvalue weighted by molar-refractivity contribution is 7.89. The van der Waals surface area contributed by atoms with E-state index < -0.39 is 26.7 Å². The molecule has 21 heavy (non-hydrogen) atoms. The molecule has 1 aromatic carbocycles. The van der Waals surface area contributed by atoms with Crippen LogP contribution in [0.5, 0.6) is 0 Å². The molecule has 7 heteroatoms. The van der Waals surface area contributed by atoms with E-state index in [4.69, 9.17) is 9.88 Å². The van der Waals surface area contributed by atoms with Crippen molar-refractivity contribution in [1.29, 1.82) is 0 Å². The van der Waals surface area contributed by atoms with Gasteiger partial charge in [-0.3, -0.25) is 0 Å². The molecule has 0 atom stereocenters. The lowest BCUT2D eigenvalue weighted by Crippen LogP contribution is -2.18. The Balaban J connectivity index is 2.06. The van der Waals surface area contributed by atoms with Crippen LogP contribution in [0.4, 0.5) is 4.39 Å². The summed E-state index contributed by atoms with van der Waals surface area (Å²) in [5.74, 6) is -1.25. The average Bonchev–Trinajstić information content (AvgIpc) is 2.44. The first-order valence-electron chi connectivity index (χ1n) is 6.87. The van der Waals surface area contributed by atoms with Crippen LogP contribution in [0.2, 0.25) is 0 Å². The molecule has 0 heterocycles. The molecule has 5 nitrogen and oxygen atoms in total. The molecule has 0 amide bonds. The standard InChI is InChI=1S/C14H18FNO4S/c15-12-6-11(7-13(8-12)21(16,18)19)14(17)20-9-10-4-2-1-3-5-10/h6-8,10H,1-5,9H2,(H2,16,18,19). The summed E-state index contributed by atoms with van der Waals surface area (Å²) in [7, 11) is -4.06. The van der Waals surface area contributed by atoms with Gasteiger partial charge in [0.15, 0.2) is 0 Å². The summed E-state index contributed by atoms with van der Waals surface area (Å²) in [6, 6.07) is 2.74. The molecule has 0 spiro atoms. The van der Waals surface area contributed by atoms with Gasteiger partial charge < -0.3 is 4.74 Å². The molecule has 1 aliphatic rings. The lowest BCUT2D eigenvalue weighted by atomic mass is 9.90. The lowest BCUT2D eigenvalue weighted by molar-refractivity contribution is 0.0409. The van der Waals surface area contributed by atoms with Crippen molar-refractivity contribution in [3.8, 4) is 0 Å². The Morgan fingerprint density at radius 2 is 1.90 bits per heavy atom. The molecule has 0 bridgehead atoms. The van der Waals surface area contributed by atoms with Crippen molar-refractivity contribution in [3.63, 3.8) is 0 Å². The number of rotatable bonds is 4. The third-order valence-corrected chi connectivity index (χ3v) is 4.50. The van der Waals surface area contributed by atoms with Crippen LogP contribution in [-0.2, 0) is 14.8 Å². The smallest absolute Gasteiger partial charge is 0.338 e. The second-order valence-corrected chi connectivity index (χ2v) is 6.88. The first-order chi connectivity index (χ1) is 9.86. The third kappa shape index (κ3) is 4.50. The number of primary sulfonamides is 1. The Morgan fingerprint density at radius 3 is 2.52 bits per heavy atom. The summed E-state index contributed by atoms with van der Waals surface area (Å²) in [5.41, 5.74) is -0.144. The Hall–Kier alpha value is -1.47. The van der Waals surface area contributed by atoms with Crippen molar-refractivity contribution in [2.45, 2.75) is 37.0 Å². The van der Waals surface area contributed by atoms with Crippen molar-refractivity contribution < 1.29 is 22.3 Å². The van der Waals surface area contributed by atoms with Crippen molar-refractivity contribution in [1.82, 2.24) is 0 Å². The number of hydrogen-bond donors (Lipinski definition) is 1. The topological polar surface area (TPSA) is 86.5 Å². The second kappa shape index (κ2) is 6.53. The number of benzene rings is 1. The number of sulfonamides is 1. The van der Waals surface area contributed by atoms with E-state index in [2.05, 4.69) is 0 Å². The third-order valence-electron chi connectivity index (χ3n) is 3.61. The second-order valence-electron chi connectivity index (χ2n) is 5.32. The Morgan fingerprint density at radius 1 is 1.24 bits per heavy atom. The molecule has 0 aromatic heterocycles. The van der Waals surface area contributed by atoms with Crippen molar-refractivity contribution in [2.24, 2.45) is 11.1 Å². The molecule has 116 valence electrons. The molecule has 2 N–H and O–H groups in total. The van der Waals surface area contributed by atoms with Crippen LogP contribution in [0, 0.1) is 11.7 Å². The molecule has 0 unspecified atom stereocenters. The Labute approximate surface area is 123 Å². The molecule has 1 saturated carbocycles. The zero-order valence-corrected chi connectivity index (χ0v) is 12.4. The SMILES string of the molecule is NS(=O)(=O)c1cc(F)cc(C(=O)OCC2CCCCC2)c1. The summed E-state index contributed by atoms with van der Waals surface area (Å²) in [4.78, 5) is 11.5. The van der Waals surface area contributed by atoms with Gasteiger partial charge in [-0.2, -0.15) is 0 Å². The van der Waals surface area contributed by atoms with Gasteiger partial charge in [-0.1, -0.05) is 19.3 Å². The van der Waals surface area contributed by atoms with Crippen molar-refractivity contribution in [2.75, 3.05) is 6.61 Å². The molecular weight excluding hydrogens is 297 g/mol. The van der Waals surface area contributed by atoms with Crippen LogP contribution < -0.4 is 5.14 Å². The molecule has 0 saturated heterocycles. The van der Waals surface area contributed by atoms with Crippen LogP contribution in [-0.4, -0.2) is 21.0 Å². The Bertz CT molecular complexity index is 624. The van der Waals surface area contributed by atoms with Crippen molar-refractivity contribution in [3.05, 3.63) is 29.6 Å². The maximum absolute atomic E-state index is 13.4. The van der Waals surface area contributed by atoms with Crippen LogP contribution in [0.25, 0.3) is 0 Å². The highest BCUT2D eigenvalue weighted by Gasteiger charge is 2.19. The van der Waals surface area contributed by atoms with Gasteiger partial charge in [0, 0.05) is 0 Å². The number of carbonyl (C=O) groups is 1. The molecule has 1 aliphatic carbocycles. The van der Waals surface area contributed by atoms with E-state index >= 15 is 0 Å². The van der Waals surface area contributed by atoms with E-state index in [0.717, 1.165) is 43.9 Å². The first-order valence-corrected chi connectivity index (χ1v) is 8.41. The zero-order valence-electron chi connectivity index (χ0n) is 11.5. The highest BCUT2D eigenvalue weighted by atomic mass is 32.2. The summed E-state index contributed by atoms with van der Waals surface area (Å²) >= 11 is 0. The predicted molar refractivity (Wildman–Crippen MR) is 74.6 cm³/mol. The number of ether oxygens (including phenoxy) is 1. The van der Waals surface area contributed by atoms with Crippen LogP contribution in [0.3, 0.4) is 0 Å². The van der Waals surface area contributed by atoms with E-state index in [1.54, 1.807) is 0 Å². The fourth-order valence-electron chi connectivity index (χ4n) is 2.48. The number of carbonyl (C=O) groups excluding carboxylic acids is 1. The van der Waals surface area contributed by atoms with Crippen LogP contribution in [0.1, 0.15) is 42.5 Å². The van der Waals surface area contributed by atoms with Crippen molar-refractivity contribution >= 4 is 16.0 Å². The van der Waals surface area contributed by atoms with Gasteiger partial charge in [-0.15, -0.1) is 0 Å². The molecular formula is C14H18FNO4S. The summed E-state index contributed by atoms with van der Waals surface area (Å²) in [6.45, 7) is 0.278. The normalized spacial score (nSPS) is 16.7. The minimum atomic E-state index is -4.06. The molecule has 2 rings (SSSR count). The maximum atomic E-state index is 13.4. The van der Waals surface area contributed by atoms with E-state index in [0.29, 0.717) is 5.92 Å². The number of halogens is 1. The maximum Gasteiger partial charge on any atom is 0.338 e. The van der Waals surface area contributed by atoms with E-state index in [9.17, 15) is 17.6 Å². The quantitative estimate of drug-likeness (QED) is 0.863. The van der Waals surface area contributed by atoms with Gasteiger partial charge in [0.2, 0.25) is 10.0 Å². The number of nitrogens with two attached hydrogens (primary N) is 1. The molecule has 1 aromatic rings. The number of hydrogen-bond acceptors (Lipinski definition) is 4. The largest absolute Gasteiger partial charge is 0.462 e. The monoisotopic (exact) mass is 315 g/mol. The minimum absolute atomic E-state index is 0.144. The van der Waals surface area contributed by atoms with E-state index in [-0.39, 0.29) is 12.2 Å². The molecule has 1 fully saturated rings. The summed E-state index contributed by atoms with van der Waals surface area (Å²) in [5, 5.41) is 4.94. The van der Waals surface area contributed by atoms with E-state index in [1.807, 2.05) is 0 Å². The average molecular weight is 315 g/mol. The Kier molecular flexibility index (Phi) is 4.95. The fourth-order valence-corrected chi connectivity index (χ4v) is 3.04. The van der Waals surface area contributed by atoms with Crippen LogP contribution in [0.15, 0.2) is 23.1 Å². The lowest BCUT2D eigenvalue weighted by Gasteiger charge is -2.21. The van der Waals surface area contributed by atoms with Gasteiger partial charge in [0.1, 0.15) is 5.82 Å². The van der Waals surface area contributed by atoms with Crippen LogP contribution >= 0.6 is 0 Å². The fraction of sp³-hybridized carbons (Fsp3) is 0.500.